The zero-order valence-electron chi connectivity index (χ0n) is 10.7. The maximum Gasteiger partial charge on any atom is 0.186 e. The largest absolute Gasteiger partial charge is 0.497 e. The number of allylic oxidation sites excluding steroid dienone is 1. The Morgan fingerprint density at radius 2 is 2.00 bits per heavy atom. The molecule has 0 bridgehead atoms. The van der Waals surface area contributed by atoms with E-state index < -0.39 is 0 Å². The molecule has 0 spiro atoms. The molecule has 0 fully saturated rings. The lowest BCUT2D eigenvalue weighted by Crippen LogP contribution is -2.28. The Bertz CT molecular complexity index is 452. The van der Waals surface area contributed by atoms with Crippen LogP contribution in [0.2, 0.25) is 0 Å². The van der Waals surface area contributed by atoms with Crippen molar-refractivity contribution in [1.29, 1.82) is 0 Å². The third kappa shape index (κ3) is 4.97. The summed E-state index contributed by atoms with van der Waals surface area (Å²) in [6.45, 7) is 1.89. The molecule has 0 aliphatic carbocycles. The third-order valence-electron chi connectivity index (χ3n) is 2.19. The fraction of sp³-hybridized carbons (Fsp3) is 0.231. The number of ether oxygens (including phenoxy) is 1. The maximum atomic E-state index is 5.09. The first-order valence-corrected chi connectivity index (χ1v) is 5.90. The van der Waals surface area contributed by atoms with Gasteiger partial charge in [-0.3, -0.25) is 5.43 Å². The Morgan fingerprint density at radius 1 is 1.33 bits per heavy atom. The molecule has 0 saturated carbocycles. The molecule has 0 saturated heterocycles. The van der Waals surface area contributed by atoms with Crippen LogP contribution in [0.4, 0.5) is 0 Å². The van der Waals surface area contributed by atoms with E-state index in [-0.39, 0.29) is 0 Å². The van der Waals surface area contributed by atoms with E-state index in [9.17, 15) is 0 Å². The predicted octanol–water partition coefficient (Wildman–Crippen LogP) is 2.18. The van der Waals surface area contributed by atoms with Gasteiger partial charge >= 0.3 is 0 Å². The molecule has 0 amide bonds. The van der Waals surface area contributed by atoms with E-state index >= 15 is 0 Å². The van der Waals surface area contributed by atoms with Crippen LogP contribution in [0.15, 0.2) is 35.4 Å². The van der Waals surface area contributed by atoms with Crippen molar-refractivity contribution >= 4 is 29.1 Å². The van der Waals surface area contributed by atoms with Crippen molar-refractivity contribution in [1.82, 2.24) is 10.7 Å². The van der Waals surface area contributed by atoms with Crippen molar-refractivity contribution < 1.29 is 4.74 Å². The van der Waals surface area contributed by atoms with Gasteiger partial charge in [0.05, 0.1) is 12.8 Å². The van der Waals surface area contributed by atoms with Crippen molar-refractivity contribution in [3.8, 4) is 5.75 Å². The van der Waals surface area contributed by atoms with Crippen LogP contribution in [0.3, 0.4) is 0 Å². The molecule has 0 aromatic heterocycles. The van der Waals surface area contributed by atoms with Gasteiger partial charge in [0.25, 0.3) is 0 Å². The molecule has 5 heteroatoms. The Hall–Kier alpha value is -1.88. The summed E-state index contributed by atoms with van der Waals surface area (Å²) in [6, 6.07) is 7.80. The number of hydrazone groups is 1. The normalized spacial score (nSPS) is 11.4. The molecule has 2 N–H and O–H groups in total. The van der Waals surface area contributed by atoms with Gasteiger partial charge in [-0.05, 0) is 42.9 Å². The minimum atomic E-state index is 0.493. The minimum absolute atomic E-state index is 0.493. The van der Waals surface area contributed by atoms with E-state index in [0.717, 1.165) is 17.0 Å². The van der Waals surface area contributed by atoms with Crippen LogP contribution in [0.1, 0.15) is 12.5 Å². The van der Waals surface area contributed by atoms with Crippen molar-refractivity contribution in [2.75, 3.05) is 14.2 Å². The molecule has 4 nitrogen and oxygen atoms in total. The first kappa shape index (κ1) is 14.2. The standard InChI is InChI=1S/C13H17N3OS/c1-10(15-16-13(18)14-2)4-5-11-6-8-12(17-3)9-7-11/h4-9H,1-3H3,(H2,14,16,18). The SMILES string of the molecule is CNC(=S)NN=C(C)C=Cc1ccc(OC)cc1. The lowest BCUT2D eigenvalue weighted by Gasteiger charge is -2.01. The van der Waals surface area contributed by atoms with Gasteiger partial charge in [0, 0.05) is 7.05 Å². The second-order valence-electron chi connectivity index (χ2n) is 3.55. The quantitative estimate of drug-likeness (QED) is 0.496. The number of benzene rings is 1. The summed E-state index contributed by atoms with van der Waals surface area (Å²) >= 11 is 4.91. The second kappa shape index (κ2) is 7.45. The minimum Gasteiger partial charge on any atom is -0.497 e. The topological polar surface area (TPSA) is 45.7 Å². The Kier molecular flexibility index (Phi) is 5.87. The maximum absolute atomic E-state index is 5.09. The van der Waals surface area contributed by atoms with E-state index in [0.29, 0.717) is 5.11 Å². The van der Waals surface area contributed by atoms with Crippen molar-refractivity contribution in [2.45, 2.75) is 6.92 Å². The number of nitrogens with one attached hydrogen (secondary N) is 2. The van der Waals surface area contributed by atoms with Gasteiger partial charge < -0.3 is 10.1 Å². The van der Waals surface area contributed by atoms with E-state index in [1.54, 1.807) is 14.2 Å². The zero-order valence-corrected chi connectivity index (χ0v) is 11.5. The fourth-order valence-corrected chi connectivity index (χ4v) is 1.21. The van der Waals surface area contributed by atoms with Crippen molar-refractivity contribution in [2.24, 2.45) is 5.10 Å². The number of methoxy groups -OCH3 is 1. The monoisotopic (exact) mass is 263 g/mol. The van der Waals surface area contributed by atoms with E-state index in [1.165, 1.54) is 0 Å². The van der Waals surface area contributed by atoms with Crippen LogP contribution < -0.4 is 15.5 Å². The first-order valence-electron chi connectivity index (χ1n) is 5.50. The van der Waals surface area contributed by atoms with E-state index in [2.05, 4.69) is 15.8 Å². The summed E-state index contributed by atoms with van der Waals surface area (Å²) in [5, 5.41) is 7.37. The molecule has 1 rings (SSSR count). The van der Waals surface area contributed by atoms with Crippen LogP contribution >= 0.6 is 12.2 Å². The summed E-state index contributed by atoms with van der Waals surface area (Å²) in [5.74, 6) is 0.846. The molecule has 0 aliphatic rings. The summed E-state index contributed by atoms with van der Waals surface area (Å²) in [7, 11) is 3.39. The molecule has 0 atom stereocenters. The number of nitrogens with zero attached hydrogens (tertiary/aromatic N) is 1. The summed E-state index contributed by atoms with van der Waals surface area (Å²) in [5.41, 5.74) is 4.64. The fourth-order valence-electron chi connectivity index (χ4n) is 1.16. The highest BCUT2D eigenvalue weighted by atomic mass is 32.1. The molecule has 0 unspecified atom stereocenters. The number of thiocarbonyl (C=S) groups is 1. The van der Waals surface area contributed by atoms with Crippen LogP contribution in [0.5, 0.6) is 5.75 Å². The summed E-state index contributed by atoms with van der Waals surface area (Å²) in [4.78, 5) is 0. The third-order valence-corrected chi connectivity index (χ3v) is 2.49. The smallest absolute Gasteiger partial charge is 0.186 e. The molecule has 0 aliphatic heterocycles. The molecule has 18 heavy (non-hydrogen) atoms. The van der Waals surface area contributed by atoms with Gasteiger partial charge in [0.15, 0.2) is 5.11 Å². The zero-order chi connectivity index (χ0) is 13.4. The van der Waals surface area contributed by atoms with Gasteiger partial charge in [-0.1, -0.05) is 18.2 Å². The van der Waals surface area contributed by atoms with Gasteiger partial charge in [0.2, 0.25) is 0 Å². The number of hydrogen-bond donors (Lipinski definition) is 2. The summed E-state index contributed by atoms with van der Waals surface area (Å²) in [6.07, 6.45) is 3.88. The highest BCUT2D eigenvalue weighted by Gasteiger charge is 1.91. The number of rotatable bonds is 4. The molecule has 1 aromatic rings. The van der Waals surface area contributed by atoms with Crippen LogP contribution in [-0.4, -0.2) is 25.0 Å². The van der Waals surface area contributed by atoms with E-state index in [1.807, 2.05) is 43.3 Å². The van der Waals surface area contributed by atoms with Gasteiger partial charge in [-0.2, -0.15) is 5.10 Å². The predicted molar refractivity (Wildman–Crippen MR) is 79.9 cm³/mol. The van der Waals surface area contributed by atoms with Crippen molar-refractivity contribution in [3.63, 3.8) is 0 Å². The van der Waals surface area contributed by atoms with Crippen LogP contribution in [-0.2, 0) is 0 Å². The average molecular weight is 263 g/mol. The second-order valence-corrected chi connectivity index (χ2v) is 3.96. The Labute approximate surface area is 113 Å². The lowest BCUT2D eigenvalue weighted by molar-refractivity contribution is 0.415. The first-order chi connectivity index (χ1) is 8.65. The van der Waals surface area contributed by atoms with Gasteiger partial charge in [-0.15, -0.1) is 0 Å². The Morgan fingerprint density at radius 3 is 2.56 bits per heavy atom. The van der Waals surface area contributed by atoms with Crippen LogP contribution in [0.25, 0.3) is 6.08 Å². The van der Waals surface area contributed by atoms with Gasteiger partial charge in [-0.25, -0.2) is 0 Å². The lowest BCUT2D eigenvalue weighted by atomic mass is 10.2. The molecule has 0 heterocycles. The molecular formula is C13H17N3OS. The van der Waals surface area contributed by atoms with E-state index in [4.69, 9.17) is 17.0 Å². The molecule has 0 radical (unpaired) electrons. The molecular weight excluding hydrogens is 246 g/mol. The number of hydrogen-bond acceptors (Lipinski definition) is 3. The van der Waals surface area contributed by atoms with Crippen LogP contribution in [0, 0.1) is 0 Å². The van der Waals surface area contributed by atoms with Crippen molar-refractivity contribution in [3.05, 3.63) is 35.9 Å². The molecule has 96 valence electrons. The highest BCUT2D eigenvalue weighted by molar-refractivity contribution is 7.80. The average Bonchev–Trinajstić information content (AvgIpc) is 2.42. The summed E-state index contributed by atoms with van der Waals surface area (Å²) < 4.78 is 5.09. The van der Waals surface area contributed by atoms with Gasteiger partial charge in [0.1, 0.15) is 5.75 Å². The highest BCUT2D eigenvalue weighted by Crippen LogP contribution is 2.12. The molecule has 1 aromatic carbocycles. The Balaban J connectivity index is 2.59.